The molecule has 11 heteroatoms. The zero-order chi connectivity index (χ0) is 27.1. The molecule has 37 heavy (non-hydrogen) atoms. The number of hydrogen-bond donors (Lipinski definition) is 3. The Morgan fingerprint density at radius 2 is 1.65 bits per heavy atom. The highest BCUT2D eigenvalue weighted by molar-refractivity contribution is 6.40. The third-order valence-corrected chi connectivity index (χ3v) is 5.40. The van der Waals surface area contributed by atoms with Gasteiger partial charge >= 0.3 is 5.97 Å². The van der Waals surface area contributed by atoms with E-state index in [1.807, 2.05) is 24.3 Å². The van der Waals surface area contributed by atoms with Crippen molar-refractivity contribution in [3.63, 3.8) is 0 Å². The van der Waals surface area contributed by atoms with Gasteiger partial charge in [-0.25, -0.2) is 13.8 Å². The number of aromatic nitrogens is 1. The van der Waals surface area contributed by atoms with Gasteiger partial charge < -0.3 is 20.5 Å². The average Bonchev–Trinajstić information content (AvgIpc) is 2.85. The van der Waals surface area contributed by atoms with Crippen molar-refractivity contribution < 1.29 is 37.8 Å². The highest BCUT2D eigenvalue weighted by atomic mass is 19.1. The molecule has 1 aromatic heterocycles. The number of halogens is 2. The molecular weight excluding hydrogens is 488 g/mol. The van der Waals surface area contributed by atoms with Crippen molar-refractivity contribution in [1.29, 1.82) is 0 Å². The van der Waals surface area contributed by atoms with Gasteiger partial charge in [-0.2, -0.15) is 0 Å². The number of fused-ring (bicyclic) bond motifs is 1. The Balaban J connectivity index is 1.72. The van der Waals surface area contributed by atoms with Gasteiger partial charge in [0.15, 0.2) is 24.0 Å². The van der Waals surface area contributed by atoms with E-state index in [9.17, 15) is 33.1 Å². The molecule has 0 aliphatic rings. The summed E-state index contributed by atoms with van der Waals surface area (Å²) in [4.78, 5) is 53.9. The molecule has 1 heterocycles. The van der Waals surface area contributed by atoms with Crippen LogP contribution in [0.2, 0.25) is 0 Å². The molecule has 0 fully saturated rings. The summed E-state index contributed by atoms with van der Waals surface area (Å²) in [5.41, 5.74) is 0.686. The molecule has 0 aliphatic heterocycles. The number of aliphatic carboxylic acids is 1. The van der Waals surface area contributed by atoms with Crippen molar-refractivity contribution in [2.45, 2.75) is 32.4 Å². The molecular formula is C26H25F2N3O6. The predicted octanol–water partition coefficient (Wildman–Crippen LogP) is 3.13. The molecule has 0 aliphatic carbocycles. The molecule has 2 aromatic carbocycles. The first kappa shape index (κ1) is 27.2. The predicted molar refractivity (Wildman–Crippen MR) is 130 cm³/mol. The van der Waals surface area contributed by atoms with Gasteiger partial charge in [0.2, 0.25) is 17.5 Å². The topological polar surface area (TPSA) is 135 Å². The lowest BCUT2D eigenvalue weighted by atomic mass is 10.0. The average molecular weight is 513 g/mol. The summed E-state index contributed by atoms with van der Waals surface area (Å²) in [7, 11) is 0. The molecule has 2 atom stereocenters. The Kier molecular flexibility index (Phi) is 8.83. The summed E-state index contributed by atoms with van der Waals surface area (Å²) >= 11 is 0. The smallest absolute Gasteiger partial charge is 0.305 e. The number of carboxylic acid groups (broad SMARTS) is 1. The molecule has 0 saturated carbocycles. The van der Waals surface area contributed by atoms with Crippen LogP contribution in [0.1, 0.15) is 20.3 Å². The lowest BCUT2D eigenvalue weighted by Crippen LogP contribution is -2.52. The number of benzene rings is 2. The van der Waals surface area contributed by atoms with Crippen LogP contribution in [-0.2, 0) is 19.2 Å². The molecule has 0 unspecified atom stereocenters. The van der Waals surface area contributed by atoms with Crippen molar-refractivity contribution >= 4 is 40.2 Å². The second-order valence-corrected chi connectivity index (χ2v) is 8.54. The Morgan fingerprint density at radius 1 is 0.973 bits per heavy atom. The fourth-order valence-corrected chi connectivity index (χ4v) is 3.51. The number of anilines is 1. The van der Waals surface area contributed by atoms with E-state index in [0.717, 1.165) is 23.6 Å². The quantitative estimate of drug-likeness (QED) is 0.315. The number of nitrogens with zero attached hydrogens (tertiary/aromatic N) is 1. The van der Waals surface area contributed by atoms with Gasteiger partial charge in [-0.3, -0.25) is 19.2 Å². The van der Waals surface area contributed by atoms with Crippen LogP contribution in [0.3, 0.4) is 0 Å². The summed E-state index contributed by atoms with van der Waals surface area (Å²) in [6.45, 7) is 2.41. The molecule has 9 nitrogen and oxygen atoms in total. The van der Waals surface area contributed by atoms with E-state index < -0.39 is 65.9 Å². The number of carbonyl (C=O) groups excluding carboxylic acids is 3. The number of hydrogen-bond acceptors (Lipinski definition) is 7. The maximum atomic E-state index is 13.7. The summed E-state index contributed by atoms with van der Waals surface area (Å²) in [6, 6.07) is 11.1. The van der Waals surface area contributed by atoms with Gasteiger partial charge in [-0.05, 0) is 36.2 Å². The van der Waals surface area contributed by atoms with E-state index in [4.69, 9.17) is 4.74 Å². The number of carbonyl (C=O) groups is 4. The number of nitrogens with one attached hydrogen (secondary N) is 2. The number of rotatable bonds is 12. The van der Waals surface area contributed by atoms with Gasteiger partial charge in [-0.1, -0.05) is 38.1 Å². The maximum absolute atomic E-state index is 13.7. The van der Waals surface area contributed by atoms with Crippen LogP contribution >= 0.6 is 0 Å². The van der Waals surface area contributed by atoms with Crippen LogP contribution in [0, 0.1) is 17.6 Å². The van der Waals surface area contributed by atoms with Crippen LogP contribution < -0.4 is 15.4 Å². The SMILES string of the molecule is CC(C)[C@H](Nc1ccc2ccccc2n1)C(=O)N[C@@H](CC(=O)O)C(=O)C(=O)COc1c(F)cccc1F. The molecule has 0 bridgehead atoms. The first-order valence-electron chi connectivity index (χ1n) is 11.3. The highest BCUT2D eigenvalue weighted by Crippen LogP contribution is 2.21. The second kappa shape index (κ2) is 12.0. The van der Waals surface area contributed by atoms with E-state index in [-0.39, 0.29) is 5.92 Å². The summed E-state index contributed by atoms with van der Waals surface area (Å²) < 4.78 is 32.3. The number of Topliss-reactive ketones (excluding diaryl/α,β-unsaturated/α-hetero) is 2. The van der Waals surface area contributed by atoms with Crippen molar-refractivity contribution in [3.05, 3.63) is 66.2 Å². The first-order valence-corrected chi connectivity index (χ1v) is 11.3. The summed E-state index contributed by atoms with van der Waals surface area (Å²) in [5, 5.41) is 15.4. The Hall–Kier alpha value is -4.41. The van der Waals surface area contributed by atoms with E-state index in [2.05, 4.69) is 15.6 Å². The lowest BCUT2D eigenvalue weighted by molar-refractivity contribution is -0.143. The third-order valence-electron chi connectivity index (χ3n) is 5.40. The van der Waals surface area contributed by atoms with Crippen LogP contribution in [0.4, 0.5) is 14.6 Å². The molecule has 0 radical (unpaired) electrons. The largest absolute Gasteiger partial charge is 0.481 e. The Bertz CT molecular complexity index is 1310. The monoisotopic (exact) mass is 513 g/mol. The van der Waals surface area contributed by atoms with Crippen LogP contribution in [0.5, 0.6) is 5.75 Å². The van der Waals surface area contributed by atoms with Crippen molar-refractivity contribution in [2.24, 2.45) is 5.92 Å². The van der Waals surface area contributed by atoms with Crippen LogP contribution in [0.15, 0.2) is 54.6 Å². The summed E-state index contributed by atoms with van der Waals surface area (Å²) in [6.07, 6.45) is -0.886. The second-order valence-electron chi connectivity index (χ2n) is 8.54. The van der Waals surface area contributed by atoms with E-state index in [1.54, 1.807) is 26.0 Å². The number of para-hydroxylation sites is 2. The van der Waals surface area contributed by atoms with Crippen molar-refractivity contribution in [1.82, 2.24) is 10.3 Å². The van der Waals surface area contributed by atoms with Gasteiger partial charge in [0, 0.05) is 5.39 Å². The number of ketones is 2. The standard InChI is InChI=1S/C26H25F2N3O6/c1-14(2)23(31-21-11-10-15-6-3-4-9-18(15)29-21)26(36)30-19(12-22(33)34)24(35)20(32)13-37-25-16(27)7-5-8-17(25)28/h3-11,14,19,23H,12-13H2,1-2H3,(H,29,31)(H,30,36)(H,33,34)/t19-,23-/m0/s1. The maximum Gasteiger partial charge on any atom is 0.305 e. The Labute approximate surface area is 210 Å². The van der Waals surface area contributed by atoms with E-state index in [1.165, 1.54) is 0 Å². The molecule has 3 aromatic rings. The zero-order valence-electron chi connectivity index (χ0n) is 20.0. The minimum absolute atomic E-state index is 0.322. The number of pyridine rings is 1. The van der Waals surface area contributed by atoms with Gasteiger partial charge in [0.1, 0.15) is 17.9 Å². The number of amides is 1. The highest BCUT2D eigenvalue weighted by Gasteiger charge is 2.32. The van der Waals surface area contributed by atoms with E-state index >= 15 is 0 Å². The van der Waals surface area contributed by atoms with Crippen molar-refractivity contribution in [3.8, 4) is 5.75 Å². The molecule has 3 N–H and O–H groups in total. The van der Waals surface area contributed by atoms with Crippen LogP contribution in [-0.4, -0.2) is 52.2 Å². The zero-order valence-corrected chi connectivity index (χ0v) is 20.0. The number of ether oxygens (including phenoxy) is 1. The van der Waals surface area contributed by atoms with Crippen molar-refractivity contribution in [2.75, 3.05) is 11.9 Å². The summed E-state index contributed by atoms with van der Waals surface area (Å²) in [5.74, 6) is -7.68. The number of carboxylic acids is 1. The Morgan fingerprint density at radius 3 is 2.30 bits per heavy atom. The molecule has 0 spiro atoms. The first-order chi connectivity index (χ1) is 17.6. The minimum atomic E-state index is -1.72. The third kappa shape index (κ3) is 7.06. The molecule has 0 saturated heterocycles. The fraction of sp³-hybridized carbons (Fsp3) is 0.269. The molecule has 1 amide bonds. The van der Waals surface area contributed by atoms with Crippen LogP contribution in [0.25, 0.3) is 10.9 Å². The van der Waals surface area contributed by atoms with E-state index in [0.29, 0.717) is 11.3 Å². The molecule has 3 rings (SSSR count). The van der Waals surface area contributed by atoms with Gasteiger partial charge in [-0.15, -0.1) is 0 Å². The minimum Gasteiger partial charge on any atom is -0.481 e. The normalized spacial score (nSPS) is 12.6. The fourth-order valence-electron chi connectivity index (χ4n) is 3.51. The lowest BCUT2D eigenvalue weighted by Gasteiger charge is -2.25. The van der Waals surface area contributed by atoms with Gasteiger partial charge in [0.25, 0.3) is 0 Å². The molecule has 194 valence electrons. The van der Waals surface area contributed by atoms with Gasteiger partial charge in [0.05, 0.1) is 11.9 Å².